The predicted octanol–water partition coefficient (Wildman–Crippen LogP) is 5.98. The van der Waals surface area contributed by atoms with Crippen LogP contribution in [0.4, 0.5) is 0 Å². The topological polar surface area (TPSA) is 94.3 Å². The van der Waals surface area contributed by atoms with Gasteiger partial charge in [0, 0.05) is 35.9 Å². The van der Waals surface area contributed by atoms with Crippen LogP contribution in [-0.4, -0.2) is 34.8 Å². The Kier molecular flexibility index (Phi) is 6.30. The number of nitrogens with zero attached hydrogens (tertiary/aromatic N) is 3. The maximum Gasteiger partial charge on any atom is 0.302 e. The molecular formula is C30H29N3O4. The van der Waals surface area contributed by atoms with Gasteiger partial charge in [0.05, 0.1) is 23.2 Å². The van der Waals surface area contributed by atoms with Crippen LogP contribution in [0.5, 0.6) is 5.75 Å². The van der Waals surface area contributed by atoms with E-state index in [9.17, 15) is 10.1 Å². The Bertz CT molecular complexity index is 1570. The third-order valence-corrected chi connectivity index (χ3v) is 6.45. The molecule has 7 nitrogen and oxygen atoms in total. The Labute approximate surface area is 216 Å². The average Bonchev–Trinajstić information content (AvgIpc) is 2.85. The number of aromatic nitrogens is 2. The molecule has 1 unspecified atom stereocenters. The van der Waals surface area contributed by atoms with Crippen molar-refractivity contribution in [2.45, 2.75) is 52.7 Å². The first-order valence-electron chi connectivity index (χ1n) is 12.4. The first kappa shape index (κ1) is 24.7. The molecule has 188 valence electrons. The molecule has 7 heteroatoms. The summed E-state index contributed by atoms with van der Waals surface area (Å²) in [6.07, 6.45) is 2.11. The number of nitriles is 1. The highest BCUT2D eigenvalue weighted by molar-refractivity contribution is 6.07. The number of pyridine rings is 2. The molecule has 0 saturated carbocycles. The molecule has 1 atom stereocenters. The number of fused-ring (bicyclic) bond motifs is 1. The van der Waals surface area contributed by atoms with Gasteiger partial charge >= 0.3 is 5.97 Å². The number of carbonyl (C=O) groups is 1. The third-order valence-electron chi connectivity index (χ3n) is 6.45. The number of hydrogen-bond acceptors (Lipinski definition) is 7. The minimum atomic E-state index is -0.541. The molecule has 0 N–H and O–H groups in total. The van der Waals surface area contributed by atoms with Crippen molar-refractivity contribution in [1.82, 2.24) is 9.97 Å². The van der Waals surface area contributed by atoms with Crippen LogP contribution in [0.25, 0.3) is 32.9 Å². The fourth-order valence-corrected chi connectivity index (χ4v) is 5.09. The fourth-order valence-electron chi connectivity index (χ4n) is 5.09. The van der Waals surface area contributed by atoms with Crippen molar-refractivity contribution in [1.29, 1.82) is 5.26 Å². The zero-order valence-electron chi connectivity index (χ0n) is 21.7. The molecule has 1 aliphatic heterocycles. The van der Waals surface area contributed by atoms with Crippen molar-refractivity contribution in [3.05, 3.63) is 65.0 Å². The van der Waals surface area contributed by atoms with Gasteiger partial charge in [0.25, 0.3) is 0 Å². The van der Waals surface area contributed by atoms with E-state index in [1.165, 1.54) is 12.5 Å². The quantitative estimate of drug-likeness (QED) is 0.314. The minimum Gasteiger partial charge on any atom is -0.493 e. The van der Waals surface area contributed by atoms with E-state index in [0.717, 1.165) is 50.7 Å². The molecule has 0 fully saturated rings. The second-order valence-electron chi connectivity index (χ2n) is 10.3. The number of carbonyl (C=O) groups excluding carboxylic acids is 1. The summed E-state index contributed by atoms with van der Waals surface area (Å²) >= 11 is 0. The molecule has 5 rings (SSSR count). The summed E-state index contributed by atoms with van der Waals surface area (Å²) < 4.78 is 18.0. The lowest BCUT2D eigenvalue weighted by atomic mass is 9.86. The Balaban J connectivity index is 1.87. The van der Waals surface area contributed by atoms with Gasteiger partial charge < -0.3 is 14.2 Å². The van der Waals surface area contributed by atoms with Gasteiger partial charge in [0.1, 0.15) is 30.2 Å². The lowest BCUT2D eigenvalue weighted by molar-refractivity contribution is -0.150. The van der Waals surface area contributed by atoms with Crippen molar-refractivity contribution < 1.29 is 19.0 Å². The van der Waals surface area contributed by atoms with E-state index in [0.29, 0.717) is 17.8 Å². The molecule has 0 amide bonds. The van der Waals surface area contributed by atoms with Gasteiger partial charge in [-0.15, -0.1) is 0 Å². The summed E-state index contributed by atoms with van der Waals surface area (Å²) in [7, 11) is 0. The minimum absolute atomic E-state index is 0.0630. The maximum atomic E-state index is 11.8. The number of benzene rings is 2. The van der Waals surface area contributed by atoms with E-state index >= 15 is 0 Å². The van der Waals surface area contributed by atoms with E-state index in [4.69, 9.17) is 19.2 Å². The number of ether oxygens (including phenoxy) is 3. The van der Waals surface area contributed by atoms with Crippen LogP contribution >= 0.6 is 0 Å². The third kappa shape index (κ3) is 4.73. The van der Waals surface area contributed by atoms with E-state index in [2.05, 4.69) is 11.1 Å². The van der Waals surface area contributed by atoms with Crippen LogP contribution in [0.1, 0.15) is 56.2 Å². The smallest absolute Gasteiger partial charge is 0.302 e. The Morgan fingerprint density at radius 2 is 2.03 bits per heavy atom. The van der Waals surface area contributed by atoms with Gasteiger partial charge in [-0.1, -0.05) is 0 Å². The highest BCUT2D eigenvalue weighted by atomic mass is 16.6. The molecule has 0 radical (unpaired) electrons. The van der Waals surface area contributed by atoms with Gasteiger partial charge in [-0.25, -0.2) is 4.98 Å². The average molecular weight is 496 g/mol. The van der Waals surface area contributed by atoms with Crippen LogP contribution in [0.3, 0.4) is 0 Å². The Morgan fingerprint density at radius 3 is 2.76 bits per heavy atom. The van der Waals surface area contributed by atoms with Gasteiger partial charge in [0.2, 0.25) is 0 Å². The number of esters is 1. The molecule has 1 aliphatic rings. The van der Waals surface area contributed by atoms with Crippen LogP contribution in [0.2, 0.25) is 0 Å². The Morgan fingerprint density at radius 1 is 1.22 bits per heavy atom. The zero-order chi connectivity index (χ0) is 26.3. The van der Waals surface area contributed by atoms with Crippen molar-refractivity contribution in [2.24, 2.45) is 0 Å². The van der Waals surface area contributed by atoms with Gasteiger partial charge in [-0.2, -0.15) is 5.26 Å². The summed E-state index contributed by atoms with van der Waals surface area (Å²) in [5.74, 6) is 0.446. The Hall–Kier alpha value is -4.02. The molecule has 2 aromatic carbocycles. The number of rotatable bonds is 5. The summed E-state index contributed by atoms with van der Waals surface area (Å²) in [4.78, 5) is 21.2. The molecule has 0 aliphatic carbocycles. The summed E-state index contributed by atoms with van der Waals surface area (Å²) in [5, 5.41) is 11.3. The molecule has 37 heavy (non-hydrogen) atoms. The van der Waals surface area contributed by atoms with Crippen molar-refractivity contribution in [3.8, 4) is 22.9 Å². The number of aryl methyl sites for hydroxylation is 1. The van der Waals surface area contributed by atoms with Crippen molar-refractivity contribution >= 4 is 27.8 Å². The van der Waals surface area contributed by atoms with Crippen molar-refractivity contribution in [2.75, 3.05) is 13.2 Å². The monoisotopic (exact) mass is 495 g/mol. The first-order valence-corrected chi connectivity index (χ1v) is 12.4. The van der Waals surface area contributed by atoms with E-state index in [1.807, 2.05) is 64.2 Å². The van der Waals surface area contributed by atoms with Crippen LogP contribution in [-0.2, 0) is 20.7 Å². The lowest BCUT2D eigenvalue weighted by Crippen LogP contribution is -2.27. The molecule has 4 aromatic rings. The zero-order valence-corrected chi connectivity index (χ0v) is 21.7. The van der Waals surface area contributed by atoms with Gasteiger partial charge in [0.15, 0.2) is 0 Å². The van der Waals surface area contributed by atoms with Crippen LogP contribution in [0.15, 0.2) is 42.6 Å². The van der Waals surface area contributed by atoms with E-state index < -0.39 is 11.7 Å². The van der Waals surface area contributed by atoms with Gasteiger partial charge in [-0.3, -0.25) is 9.78 Å². The molecule has 0 spiro atoms. The molecule has 0 bridgehead atoms. The molecular weight excluding hydrogens is 466 g/mol. The SMILES string of the molecule is CC(=O)OCC(OC(C)(C)C)c1c(C)cc2nc(C#N)ccc2c1-c1ccc2c3c(ccnc13)CCO2. The standard InChI is InChI=1S/C30H29N3O4/c1-17-14-23-21(7-6-20(15-31)33-23)28(26(17)25(16-36-18(2)34)37-30(3,4)5)22-8-9-24-27-19(11-13-35-24)10-12-32-29(22)27/h6-10,12,14,25H,11,13,16H2,1-5H3. The second kappa shape index (κ2) is 9.45. The maximum absolute atomic E-state index is 11.8. The predicted molar refractivity (Wildman–Crippen MR) is 141 cm³/mol. The lowest BCUT2D eigenvalue weighted by Gasteiger charge is -2.31. The van der Waals surface area contributed by atoms with Crippen molar-refractivity contribution in [3.63, 3.8) is 0 Å². The van der Waals surface area contributed by atoms with Crippen LogP contribution in [0, 0.1) is 18.3 Å². The summed E-state index contributed by atoms with van der Waals surface area (Å²) in [6.45, 7) is 10.0. The number of hydrogen-bond donors (Lipinski definition) is 0. The summed E-state index contributed by atoms with van der Waals surface area (Å²) in [5.41, 5.74) is 6.19. The molecule has 2 aromatic heterocycles. The van der Waals surface area contributed by atoms with E-state index in [1.54, 1.807) is 6.07 Å². The second-order valence-corrected chi connectivity index (χ2v) is 10.3. The molecule has 3 heterocycles. The van der Waals surface area contributed by atoms with E-state index in [-0.39, 0.29) is 12.6 Å². The highest BCUT2D eigenvalue weighted by Gasteiger charge is 2.29. The first-order chi connectivity index (χ1) is 17.7. The van der Waals surface area contributed by atoms with Gasteiger partial charge in [-0.05, 0) is 86.3 Å². The van der Waals surface area contributed by atoms with Crippen LogP contribution < -0.4 is 4.74 Å². The largest absolute Gasteiger partial charge is 0.493 e. The molecule has 0 saturated heterocycles. The normalized spacial score (nSPS) is 13.7. The highest BCUT2D eigenvalue weighted by Crippen LogP contribution is 2.44. The summed E-state index contributed by atoms with van der Waals surface area (Å²) in [6, 6.07) is 13.8. The fraction of sp³-hybridized carbons (Fsp3) is 0.333.